The Bertz CT molecular complexity index is 394. The quantitative estimate of drug-likeness (QED) is 0.609. The van der Waals surface area contributed by atoms with E-state index in [2.05, 4.69) is 6.58 Å². The number of esters is 1. The third-order valence-corrected chi connectivity index (χ3v) is 1.99. The first-order valence-corrected chi connectivity index (χ1v) is 4.62. The Kier molecular flexibility index (Phi) is 3.50. The zero-order valence-electron chi connectivity index (χ0n) is 8.91. The molecule has 0 fully saturated rings. The maximum Gasteiger partial charge on any atom is 0.333 e. The molecule has 0 heterocycles. The Morgan fingerprint density at radius 1 is 1.53 bits per heavy atom. The summed E-state index contributed by atoms with van der Waals surface area (Å²) in [6.45, 7) is 7.02. The Hall–Kier alpha value is -1.77. The van der Waals surface area contributed by atoms with Crippen LogP contribution in [0.25, 0.3) is 0 Å². The van der Waals surface area contributed by atoms with Gasteiger partial charge in [-0.25, -0.2) is 4.79 Å². The number of carbonyl (C=O) groups is 1. The molecule has 0 spiro atoms. The van der Waals surface area contributed by atoms with E-state index in [0.717, 1.165) is 11.1 Å². The third-order valence-electron chi connectivity index (χ3n) is 1.99. The number of aromatic hydroxyl groups is 1. The fourth-order valence-electron chi connectivity index (χ4n) is 1.02. The van der Waals surface area contributed by atoms with Gasteiger partial charge in [-0.2, -0.15) is 0 Å². The summed E-state index contributed by atoms with van der Waals surface area (Å²) in [7, 11) is 0. The summed E-state index contributed by atoms with van der Waals surface area (Å²) in [5, 5.41) is 9.42. The molecule has 0 saturated heterocycles. The molecule has 3 nitrogen and oxygen atoms in total. The lowest BCUT2D eigenvalue weighted by Crippen LogP contribution is -2.04. The average molecular weight is 206 g/mol. The minimum atomic E-state index is -0.421. The van der Waals surface area contributed by atoms with Crippen molar-refractivity contribution < 1.29 is 14.6 Å². The van der Waals surface area contributed by atoms with E-state index in [1.165, 1.54) is 0 Å². The van der Waals surface area contributed by atoms with Crippen LogP contribution in [0.5, 0.6) is 5.75 Å². The molecule has 15 heavy (non-hydrogen) atoms. The van der Waals surface area contributed by atoms with E-state index in [9.17, 15) is 9.90 Å². The van der Waals surface area contributed by atoms with Gasteiger partial charge in [-0.15, -0.1) is 0 Å². The molecule has 1 aromatic rings. The van der Waals surface area contributed by atoms with E-state index in [4.69, 9.17) is 4.74 Å². The highest BCUT2D eigenvalue weighted by molar-refractivity contribution is 5.86. The molecular formula is C12H14O3. The van der Waals surface area contributed by atoms with Crippen molar-refractivity contribution in [2.45, 2.75) is 20.5 Å². The lowest BCUT2D eigenvalue weighted by molar-refractivity contribution is -0.140. The van der Waals surface area contributed by atoms with Gasteiger partial charge in [0.25, 0.3) is 0 Å². The van der Waals surface area contributed by atoms with Crippen LogP contribution in [0, 0.1) is 6.92 Å². The van der Waals surface area contributed by atoms with E-state index in [0.29, 0.717) is 5.57 Å². The highest BCUT2D eigenvalue weighted by Crippen LogP contribution is 2.18. The Morgan fingerprint density at radius 3 is 2.73 bits per heavy atom. The molecular weight excluding hydrogens is 192 g/mol. The Balaban J connectivity index is 2.62. The molecule has 0 amide bonds. The van der Waals surface area contributed by atoms with Crippen molar-refractivity contribution in [1.82, 2.24) is 0 Å². The minimum Gasteiger partial charge on any atom is -0.508 e. The number of benzene rings is 1. The first kappa shape index (κ1) is 11.3. The molecule has 0 aliphatic heterocycles. The topological polar surface area (TPSA) is 46.5 Å². The molecule has 0 aromatic heterocycles. The van der Waals surface area contributed by atoms with E-state index in [-0.39, 0.29) is 12.4 Å². The summed E-state index contributed by atoms with van der Waals surface area (Å²) in [5.41, 5.74) is 1.92. The number of ether oxygens (including phenoxy) is 1. The smallest absolute Gasteiger partial charge is 0.333 e. The first-order chi connectivity index (χ1) is 7.00. The molecule has 0 saturated carbocycles. The Labute approximate surface area is 89.0 Å². The van der Waals surface area contributed by atoms with Gasteiger partial charge in [-0.3, -0.25) is 0 Å². The molecule has 1 N–H and O–H groups in total. The fraction of sp³-hybridized carbons (Fsp3) is 0.250. The number of hydrogen-bond donors (Lipinski definition) is 1. The van der Waals surface area contributed by atoms with Gasteiger partial charge >= 0.3 is 5.97 Å². The summed E-state index contributed by atoms with van der Waals surface area (Å²) in [4.78, 5) is 11.1. The highest BCUT2D eigenvalue weighted by Gasteiger charge is 2.04. The van der Waals surface area contributed by atoms with Gasteiger partial charge in [0, 0.05) is 5.57 Å². The number of hydrogen-bond acceptors (Lipinski definition) is 3. The third kappa shape index (κ3) is 3.13. The molecule has 0 aliphatic carbocycles. The van der Waals surface area contributed by atoms with Gasteiger partial charge in [-0.1, -0.05) is 18.7 Å². The predicted octanol–water partition coefficient (Wildman–Crippen LogP) is 2.32. The number of carbonyl (C=O) groups excluding carboxylic acids is 1. The molecule has 0 unspecified atom stereocenters. The maximum absolute atomic E-state index is 11.1. The average Bonchev–Trinajstić information content (AvgIpc) is 2.19. The lowest BCUT2D eigenvalue weighted by Gasteiger charge is -2.05. The van der Waals surface area contributed by atoms with Crippen LogP contribution in [-0.4, -0.2) is 11.1 Å². The van der Waals surface area contributed by atoms with Crippen LogP contribution in [-0.2, 0) is 16.1 Å². The fourth-order valence-corrected chi connectivity index (χ4v) is 1.02. The molecule has 0 aliphatic rings. The number of rotatable bonds is 3. The van der Waals surface area contributed by atoms with Crippen molar-refractivity contribution in [1.29, 1.82) is 0 Å². The number of phenolic OH excluding ortho intramolecular Hbond substituents is 1. The van der Waals surface area contributed by atoms with Gasteiger partial charge in [-0.05, 0) is 31.0 Å². The van der Waals surface area contributed by atoms with E-state index >= 15 is 0 Å². The molecule has 3 heteroatoms. The van der Waals surface area contributed by atoms with Gasteiger partial charge in [0.15, 0.2) is 0 Å². The van der Waals surface area contributed by atoms with Crippen LogP contribution < -0.4 is 0 Å². The monoisotopic (exact) mass is 206 g/mol. The van der Waals surface area contributed by atoms with Crippen molar-refractivity contribution in [2.75, 3.05) is 0 Å². The minimum absolute atomic E-state index is 0.152. The molecule has 1 rings (SSSR count). The van der Waals surface area contributed by atoms with E-state index < -0.39 is 5.97 Å². The summed E-state index contributed by atoms with van der Waals surface area (Å²) >= 11 is 0. The Morgan fingerprint density at radius 2 is 2.20 bits per heavy atom. The molecule has 0 atom stereocenters. The van der Waals surface area contributed by atoms with Gasteiger partial charge < -0.3 is 9.84 Å². The summed E-state index contributed by atoms with van der Waals surface area (Å²) in [6, 6.07) is 5.17. The highest BCUT2D eigenvalue weighted by atomic mass is 16.5. The van der Waals surface area contributed by atoms with E-state index in [1.54, 1.807) is 32.0 Å². The van der Waals surface area contributed by atoms with Crippen LogP contribution in [0.15, 0.2) is 30.4 Å². The second-order valence-electron chi connectivity index (χ2n) is 3.48. The zero-order chi connectivity index (χ0) is 11.4. The zero-order valence-corrected chi connectivity index (χ0v) is 8.91. The normalized spacial score (nSPS) is 9.73. The molecule has 0 radical (unpaired) electrons. The molecule has 80 valence electrons. The van der Waals surface area contributed by atoms with Gasteiger partial charge in [0.1, 0.15) is 12.4 Å². The second-order valence-corrected chi connectivity index (χ2v) is 3.48. The largest absolute Gasteiger partial charge is 0.508 e. The molecule has 0 bridgehead atoms. The van der Waals surface area contributed by atoms with Crippen molar-refractivity contribution in [3.63, 3.8) is 0 Å². The van der Waals surface area contributed by atoms with Crippen LogP contribution in [0.4, 0.5) is 0 Å². The van der Waals surface area contributed by atoms with Crippen molar-refractivity contribution in [2.24, 2.45) is 0 Å². The van der Waals surface area contributed by atoms with Crippen LogP contribution in [0.3, 0.4) is 0 Å². The van der Waals surface area contributed by atoms with Crippen LogP contribution in [0.2, 0.25) is 0 Å². The van der Waals surface area contributed by atoms with Crippen LogP contribution in [0.1, 0.15) is 18.1 Å². The maximum atomic E-state index is 11.1. The first-order valence-electron chi connectivity index (χ1n) is 4.62. The van der Waals surface area contributed by atoms with Crippen molar-refractivity contribution in [3.8, 4) is 5.75 Å². The standard InChI is InChI=1S/C12H14O3/c1-8(2)12(14)15-7-10-5-4-9(3)11(13)6-10/h4-6,13H,1,7H2,2-3H3. The summed E-state index contributed by atoms with van der Waals surface area (Å²) in [5.74, 6) is -0.214. The van der Waals surface area contributed by atoms with Crippen molar-refractivity contribution in [3.05, 3.63) is 41.5 Å². The van der Waals surface area contributed by atoms with Crippen LogP contribution >= 0.6 is 0 Å². The lowest BCUT2D eigenvalue weighted by atomic mass is 10.1. The summed E-state index contributed by atoms with van der Waals surface area (Å²) in [6.07, 6.45) is 0. The predicted molar refractivity (Wildman–Crippen MR) is 57.5 cm³/mol. The van der Waals surface area contributed by atoms with Gasteiger partial charge in [0.05, 0.1) is 0 Å². The van der Waals surface area contributed by atoms with E-state index in [1.807, 2.05) is 0 Å². The summed E-state index contributed by atoms with van der Waals surface area (Å²) < 4.78 is 4.93. The number of phenols is 1. The molecule has 1 aromatic carbocycles. The van der Waals surface area contributed by atoms with Crippen molar-refractivity contribution >= 4 is 5.97 Å². The second kappa shape index (κ2) is 4.64. The van der Waals surface area contributed by atoms with Gasteiger partial charge in [0.2, 0.25) is 0 Å². The number of aryl methyl sites for hydroxylation is 1. The SMILES string of the molecule is C=C(C)C(=O)OCc1ccc(C)c(O)c1.